The molecule has 20 heavy (non-hydrogen) atoms. The number of hydrogen-bond donors (Lipinski definition) is 0. The highest BCUT2D eigenvalue weighted by Gasteiger charge is 2.08. The van der Waals surface area contributed by atoms with Crippen molar-refractivity contribution >= 4 is 11.8 Å². The molecule has 1 aromatic rings. The first-order valence-corrected chi connectivity index (χ1v) is 6.86. The molecule has 0 aliphatic heterocycles. The molecule has 1 rings (SSSR count). The summed E-state index contributed by atoms with van der Waals surface area (Å²) in [6, 6.07) is 8.26. The predicted molar refractivity (Wildman–Crippen MR) is 91.0 cm³/mol. The second-order valence-electron chi connectivity index (χ2n) is 4.60. The van der Waals surface area contributed by atoms with Crippen LogP contribution in [-0.4, -0.2) is 6.21 Å². The molecule has 0 aliphatic rings. The highest BCUT2D eigenvalue weighted by molar-refractivity contribution is 5.81. The molecule has 0 saturated carbocycles. The van der Waals surface area contributed by atoms with Crippen LogP contribution in [-0.2, 0) is 0 Å². The van der Waals surface area contributed by atoms with Crippen LogP contribution in [0.3, 0.4) is 0 Å². The number of nitrogens with zero attached hydrogens (tertiary/aromatic N) is 1. The van der Waals surface area contributed by atoms with Gasteiger partial charge in [0.05, 0.1) is 5.70 Å². The first-order valence-electron chi connectivity index (χ1n) is 6.86. The first-order chi connectivity index (χ1) is 9.61. The van der Waals surface area contributed by atoms with Gasteiger partial charge in [-0.25, -0.2) is 0 Å². The van der Waals surface area contributed by atoms with Gasteiger partial charge in [-0.2, -0.15) is 0 Å². The highest BCUT2D eigenvalue weighted by atomic mass is 14.7. The van der Waals surface area contributed by atoms with Crippen molar-refractivity contribution in [1.82, 2.24) is 0 Å². The maximum Gasteiger partial charge on any atom is 0.0727 e. The van der Waals surface area contributed by atoms with Gasteiger partial charge < -0.3 is 0 Å². The normalized spacial score (nSPS) is 13.4. The molecule has 0 aromatic heterocycles. The molecule has 0 bridgehead atoms. The SMILES string of the molecule is C=C(\C(N=CC)=C(C)/C=C\C=C/C)c1ccccc1C. The van der Waals surface area contributed by atoms with Crippen LogP contribution >= 0.6 is 0 Å². The summed E-state index contributed by atoms with van der Waals surface area (Å²) in [6.45, 7) is 12.3. The van der Waals surface area contributed by atoms with E-state index in [0.29, 0.717) is 0 Å². The zero-order valence-electron chi connectivity index (χ0n) is 12.9. The average Bonchev–Trinajstić information content (AvgIpc) is 2.44. The van der Waals surface area contributed by atoms with Gasteiger partial charge in [0.2, 0.25) is 0 Å². The molecule has 0 saturated heterocycles. The minimum Gasteiger partial charge on any atom is -0.261 e. The van der Waals surface area contributed by atoms with E-state index in [9.17, 15) is 0 Å². The van der Waals surface area contributed by atoms with E-state index in [0.717, 1.165) is 22.4 Å². The summed E-state index contributed by atoms with van der Waals surface area (Å²) >= 11 is 0. The van der Waals surface area contributed by atoms with Gasteiger partial charge in [0.25, 0.3) is 0 Å². The Morgan fingerprint density at radius 2 is 1.85 bits per heavy atom. The molecule has 0 atom stereocenters. The van der Waals surface area contributed by atoms with Crippen LogP contribution in [0, 0.1) is 6.92 Å². The summed E-state index contributed by atoms with van der Waals surface area (Å²) in [7, 11) is 0. The Balaban J connectivity index is 3.24. The lowest BCUT2D eigenvalue weighted by molar-refractivity contribution is 1.31. The van der Waals surface area contributed by atoms with Crippen molar-refractivity contribution in [2.75, 3.05) is 0 Å². The standard InChI is InChI=1S/C19H23N/c1-6-8-9-13-16(4)19(20-7-2)17(5)18-14-11-10-12-15(18)3/h6-14H,5H2,1-4H3/b8-6-,13-9-,19-16+,20-7?. The zero-order valence-corrected chi connectivity index (χ0v) is 12.9. The lowest BCUT2D eigenvalue weighted by atomic mass is 9.97. The van der Waals surface area contributed by atoms with Crippen molar-refractivity contribution in [2.24, 2.45) is 4.99 Å². The van der Waals surface area contributed by atoms with Crippen molar-refractivity contribution in [2.45, 2.75) is 27.7 Å². The Kier molecular flexibility index (Phi) is 6.45. The number of aliphatic imine (C=N–C) groups is 1. The van der Waals surface area contributed by atoms with E-state index in [4.69, 9.17) is 0 Å². The molecule has 0 N–H and O–H groups in total. The minimum absolute atomic E-state index is 0.933. The number of hydrogen-bond acceptors (Lipinski definition) is 1. The lowest BCUT2D eigenvalue weighted by Gasteiger charge is -2.11. The van der Waals surface area contributed by atoms with E-state index < -0.39 is 0 Å². The molecule has 104 valence electrons. The molecule has 0 spiro atoms. The third kappa shape index (κ3) is 4.20. The van der Waals surface area contributed by atoms with Gasteiger partial charge in [-0.3, -0.25) is 4.99 Å². The summed E-state index contributed by atoms with van der Waals surface area (Å²) in [4.78, 5) is 4.50. The molecule has 0 heterocycles. The summed E-state index contributed by atoms with van der Waals surface area (Å²) in [5, 5.41) is 0. The fourth-order valence-corrected chi connectivity index (χ4v) is 1.98. The van der Waals surface area contributed by atoms with E-state index in [1.54, 1.807) is 0 Å². The molecule has 1 heteroatoms. The van der Waals surface area contributed by atoms with Gasteiger partial charge in [-0.1, -0.05) is 55.1 Å². The van der Waals surface area contributed by atoms with Crippen molar-refractivity contribution in [3.8, 4) is 0 Å². The maximum atomic E-state index is 4.50. The second kappa shape index (κ2) is 8.11. The zero-order chi connectivity index (χ0) is 15.0. The van der Waals surface area contributed by atoms with Gasteiger partial charge in [0, 0.05) is 11.8 Å². The molecule has 0 unspecified atom stereocenters. The lowest BCUT2D eigenvalue weighted by Crippen LogP contribution is -1.93. The Labute approximate surface area is 122 Å². The Hall–Kier alpha value is -2.15. The monoisotopic (exact) mass is 265 g/mol. The topological polar surface area (TPSA) is 12.4 Å². The molecule has 0 fully saturated rings. The quantitative estimate of drug-likeness (QED) is 0.492. The van der Waals surface area contributed by atoms with Crippen LogP contribution in [0.4, 0.5) is 0 Å². The molecule has 1 nitrogen and oxygen atoms in total. The fourth-order valence-electron chi connectivity index (χ4n) is 1.98. The largest absolute Gasteiger partial charge is 0.261 e. The van der Waals surface area contributed by atoms with Crippen LogP contribution in [0.15, 0.2) is 71.4 Å². The summed E-state index contributed by atoms with van der Waals surface area (Å²) in [6.07, 6.45) is 9.90. The van der Waals surface area contributed by atoms with Crippen molar-refractivity contribution in [3.63, 3.8) is 0 Å². The Morgan fingerprint density at radius 3 is 2.45 bits per heavy atom. The molecule has 0 amide bonds. The van der Waals surface area contributed by atoms with Crippen LogP contribution in [0.25, 0.3) is 5.57 Å². The van der Waals surface area contributed by atoms with E-state index in [1.807, 2.05) is 50.4 Å². The minimum atomic E-state index is 0.933. The summed E-state index contributed by atoms with van der Waals surface area (Å²) in [5.41, 5.74) is 5.36. The molecule has 0 aliphatic carbocycles. The van der Waals surface area contributed by atoms with Gasteiger partial charge in [0.1, 0.15) is 0 Å². The van der Waals surface area contributed by atoms with E-state index >= 15 is 0 Å². The van der Waals surface area contributed by atoms with Gasteiger partial charge >= 0.3 is 0 Å². The third-order valence-electron chi connectivity index (χ3n) is 3.04. The molecule has 0 radical (unpaired) electrons. The predicted octanol–water partition coefficient (Wildman–Crippen LogP) is 5.51. The summed E-state index contributed by atoms with van der Waals surface area (Å²) in [5.74, 6) is 0. The van der Waals surface area contributed by atoms with Crippen LogP contribution in [0.1, 0.15) is 31.9 Å². The van der Waals surface area contributed by atoms with E-state index in [2.05, 4.69) is 43.6 Å². The number of rotatable bonds is 5. The van der Waals surface area contributed by atoms with Gasteiger partial charge in [-0.05, 0) is 44.4 Å². The average molecular weight is 265 g/mol. The van der Waals surface area contributed by atoms with E-state index in [1.165, 1.54) is 5.56 Å². The van der Waals surface area contributed by atoms with Crippen LogP contribution in [0.2, 0.25) is 0 Å². The molecular weight excluding hydrogens is 242 g/mol. The van der Waals surface area contributed by atoms with Crippen LogP contribution in [0.5, 0.6) is 0 Å². The molecular formula is C19H23N. The second-order valence-corrected chi connectivity index (χ2v) is 4.60. The van der Waals surface area contributed by atoms with Gasteiger partial charge in [-0.15, -0.1) is 0 Å². The van der Waals surface area contributed by atoms with E-state index in [-0.39, 0.29) is 0 Å². The maximum absolute atomic E-state index is 4.50. The number of benzene rings is 1. The first kappa shape index (κ1) is 15.9. The van der Waals surface area contributed by atoms with Crippen molar-refractivity contribution in [3.05, 3.63) is 77.5 Å². The highest BCUT2D eigenvalue weighted by Crippen LogP contribution is 2.27. The fraction of sp³-hybridized carbons (Fsp3) is 0.211. The number of allylic oxidation sites excluding steroid dienone is 6. The van der Waals surface area contributed by atoms with Crippen LogP contribution < -0.4 is 0 Å². The van der Waals surface area contributed by atoms with Crippen molar-refractivity contribution in [1.29, 1.82) is 0 Å². The Bertz CT molecular complexity index is 584. The van der Waals surface area contributed by atoms with Crippen molar-refractivity contribution < 1.29 is 0 Å². The Morgan fingerprint density at radius 1 is 1.15 bits per heavy atom. The molecule has 1 aromatic carbocycles. The smallest absolute Gasteiger partial charge is 0.0727 e. The summed E-state index contributed by atoms with van der Waals surface area (Å²) < 4.78 is 0. The third-order valence-corrected chi connectivity index (χ3v) is 3.04. The van der Waals surface area contributed by atoms with Gasteiger partial charge in [0.15, 0.2) is 0 Å². The number of aryl methyl sites for hydroxylation is 1.